The molecule has 0 N–H and O–H groups in total. The molecule has 0 aliphatic rings. The first-order valence-electron chi connectivity index (χ1n) is 6.55. The minimum absolute atomic E-state index is 1.14. The molecule has 0 radical (unpaired) electrons. The van der Waals surface area contributed by atoms with Gasteiger partial charge in [0.25, 0.3) is 0 Å². The van der Waals surface area contributed by atoms with Gasteiger partial charge in [-0.15, -0.1) is 6.58 Å². The van der Waals surface area contributed by atoms with Crippen LogP contribution in [-0.2, 0) is 12.8 Å². The molecule has 0 amide bonds. The third kappa shape index (κ3) is 5.16. The molecule has 0 heteroatoms. The van der Waals surface area contributed by atoms with Crippen LogP contribution in [0.3, 0.4) is 0 Å². The smallest absolute Gasteiger partial charge is 0.0279 e. The molecule has 0 nitrogen and oxygen atoms in total. The summed E-state index contributed by atoms with van der Waals surface area (Å²) < 4.78 is 0. The summed E-state index contributed by atoms with van der Waals surface area (Å²) in [7, 11) is 0. The molecule has 1 rings (SSSR count). The SMILES string of the molecule is C=CCCCCCCc1ccc(CC)cc1. The van der Waals surface area contributed by atoms with Gasteiger partial charge in [0.05, 0.1) is 0 Å². The molecule has 16 heavy (non-hydrogen) atoms. The lowest BCUT2D eigenvalue weighted by atomic mass is 10.0. The molecule has 1 aromatic carbocycles. The van der Waals surface area contributed by atoms with E-state index in [9.17, 15) is 0 Å². The second-order valence-corrected chi connectivity index (χ2v) is 4.41. The van der Waals surface area contributed by atoms with Crippen LogP contribution in [-0.4, -0.2) is 0 Å². The maximum atomic E-state index is 3.74. The standard InChI is InChI=1S/C16H24/c1-3-5-6-7-8-9-10-16-13-11-15(4-2)12-14-16/h3,11-14H,1,4-10H2,2H3. The van der Waals surface area contributed by atoms with Gasteiger partial charge in [-0.1, -0.05) is 50.1 Å². The number of hydrogen-bond donors (Lipinski definition) is 0. The van der Waals surface area contributed by atoms with Crippen molar-refractivity contribution < 1.29 is 0 Å². The highest BCUT2D eigenvalue weighted by molar-refractivity contribution is 5.22. The van der Waals surface area contributed by atoms with E-state index in [2.05, 4.69) is 37.8 Å². The van der Waals surface area contributed by atoms with E-state index < -0.39 is 0 Å². The van der Waals surface area contributed by atoms with E-state index in [-0.39, 0.29) is 0 Å². The molecule has 0 unspecified atom stereocenters. The topological polar surface area (TPSA) is 0 Å². The van der Waals surface area contributed by atoms with E-state index in [4.69, 9.17) is 0 Å². The minimum atomic E-state index is 1.14. The van der Waals surface area contributed by atoms with Gasteiger partial charge in [-0.2, -0.15) is 0 Å². The number of aryl methyl sites for hydroxylation is 2. The summed E-state index contributed by atoms with van der Waals surface area (Å²) in [6, 6.07) is 9.07. The fraction of sp³-hybridized carbons (Fsp3) is 0.500. The van der Waals surface area contributed by atoms with Gasteiger partial charge in [-0.3, -0.25) is 0 Å². The van der Waals surface area contributed by atoms with E-state index >= 15 is 0 Å². The van der Waals surface area contributed by atoms with Crippen LogP contribution in [0.15, 0.2) is 36.9 Å². The Morgan fingerprint density at radius 3 is 2.19 bits per heavy atom. The van der Waals surface area contributed by atoms with Crippen molar-refractivity contribution in [3.05, 3.63) is 48.0 Å². The summed E-state index contributed by atoms with van der Waals surface area (Å²) in [5.41, 5.74) is 2.93. The van der Waals surface area contributed by atoms with Gasteiger partial charge in [-0.05, 0) is 43.2 Å². The molecule has 88 valence electrons. The summed E-state index contributed by atoms with van der Waals surface area (Å²) in [6.45, 7) is 5.95. The molecule has 0 fully saturated rings. The van der Waals surface area contributed by atoms with Crippen molar-refractivity contribution in [3.8, 4) is 0 Å². The minimum Gasteiger partial charge on any atom is -0.103 e. The number of rotatable bonds is 8. The van der Waals surface area contributed by atoms with E-state index in [1.165, 1.54) is 49.7 Å². The van der Waals surface area contributed by atoms with Gasteiger partial charge < -0.3 is 0 Å². The van der Waals surface area contributed by atoms with Gasteiger partial charge in [0.2, 0.25) is 0 Å². The fourth-order valence-electron chi connectivity index (χ4n) is 1.91. The van der Waals surface area contributed by atoms with Crippen molar-refractivity contribution in [2.24, 2.45) is 0 Å². The summed E-state index contributed by atoms with van der Waals surface area (Å²) in [6.07, 6.45) is 10.9. The Hall–Kier alpha value is -1.04. The van der Waals surface area contributed by atoms with Crippen LogP contribution in [0.4, 0.5) is 0 Å². The summed E-state index contributed by atoms with van der Waals surface area (Å²) in [4.78, 5) is 0. The molecular formula is C16H24. The molecule has 0 spiro atoms. The first kappa shape index (κ1) is 13.0. The predicted octanol–water partition coefficient (Wildman–Crippen LogP) is 4.93. The van der Waals surface area contributed by atoms with E-state index in [0.717, 1.165) is 6.42 Å². The zero-order valence-electron chi connectivity index (χ0n) is 10.5. The number of unbranched alkanes of at least 4 members (excludes halogenated alkanes) is 4. The van der Waals surface area contributed by atoms with Crippen molar-refractivity contribution in [1.82, 2.24) is 0 Å². The number of hydrogen-bond acceptors (Lipinski definition) is 0. The second kappa shape index (κ2) is 8.15. The Morgan fingerprint density at radius 1 is 0.938 bits per heavy atom. The maximum absolute atomic E-state index is 3.74. The molecule has 0 aliphatic carbocycles. The van der Waals surface area contributed by atoms with Crippen molar-refractivity contribution in [2.75, 3.05) is 0 Å². The molecule has 0 saturated carbocycles. The van der Waals surface area contributed by atoms with Crippen molar-refractivity contribution >= 4 is 0 Å². The average Bonchev–Trinajstić information content (AvgIpc) is 2.34. The van der Waals surface area contributed by atoms with Crippen LogP contribution in [0.5, 0.6) is 0 Å². The maximum Gasteiger partial charge on any atom is -0.0279 e. The lowest BCUT2D eigenvalue weighted by molar-refractivity contribution is 0.646. The zero-order chi connectivity index (χ0) is 11.6. The monoisotopic (exact) mass is 216 g/mol. The Kier molecular flexibility index (Phi) is 6.64. The Bertz CT molecular complexity index is 281. The highest BCUT2D eigenvalue weighted by Crippen LogP contribution is 2.10. The molecule has 0 heterocycles. The normalized spacial score (nSPS) is 10.3. The van der Waals surface area contributed by atoms with Crippen LogP contribution in [0.2, 0.25) is 0 Å². The van der Waals surface area contributed by atoms with Crippen LogP contribution in [0.1, 0.15) is 50.2 Å². The van der Waals surface area contributed by atoms with Crippen molar-refractivity contribution in [2.45, 2.75) is 51.9 Å². The van der Waals surface area contributed by atoms with Gasteiger partial charge in [0.15, 0.2) is 0 Å². The Balaban J connectivity index is 2.14. The molecule has 0 saturated heterocycles. The van der Waals surface area contributed by atoms with Gasteiger partial charge in [-0.25, -0.2) is 0 Å². The molecule has 0 aliphatic heterocycles. The second-order valence-electron chi connectivity index (χ2n) is 4.41. The van der Waals surface area contributed by atoms with Gasteiger partial charge >= 0.3 is 0 Å². The van der Waals surface area contributed by atoms with E-state index in [1.807, 2.05) is 6.08 Å². The average molecular weight is 216 g/mol. The largest absolute Gasteiger partial charge is 0.103 e. The van der Waals surface area contributed by atoms with Gasteiger partial charge in [0.1, 0.15) is 0 Å². The van der Waals surface area contributed by atoms with Crippen molar-refractivity contribution in [1.29, 1.82) is 0 Å². The summed E-state index contributed by atoms with van der Waals surface area (Å²) in [5, 5.41) is 0. The molecule has 0 aromatic heterocycles. The lowest BCUT2D eigenvalue weighted by Gasteiger charge is -2.03. The number of benzene rings is 1. The Morgan fingerprint density at radius 2 is 1.56 bits per heavy atom. The van der Waals surface area contributed by atoms with E-state index in [1.54, 1.807) is 0 Å². The quantitative estimate of drug-likeness (QED) is 0.427. The van der Waals surface area contributed by atoms with Crippen LogP contribution < -0.4 is 0 Å². The van der Waals surface area contributed by atoms with Crippen LogP contribution in [0.25, 0.3) is 0 Å². The highest BCUT2D eigenvalue weighted by atomic mass is 14.0. The highest BCUT2D eigenvalue weighted by Gasteiger charge is 1.94. The fourth-order valence-corrected chi connectivity index (χ4v) is 1.91. The van der Waals surface area contributed by atoms with E-state index in [0.29, 0.717) is 0 Å². The van der Waals surface area contributed by atoms with Gasteiger partial charge in [0, 0.05) is 0 Å². The third-order valence-electron chi connectivity index (χ3n) is 3.05. The summed E-state index contributed by atoms with van der Waals surface area (Å²) in [5.74, 6) is 0. The zero-order valence-corrected chi connectivity index (χ0v) is 10.5. The molecular weight excluding hydrogens is 192 g/mol. The Labute approximate surface area is 100 Å². The predicted molar refractivity (Wildman–Crippen MR) is 72.8 cm³/mol. The van der Waals surface area contributed by atoms with Crippen LogP contribution >= 0.6 is 0 Å². The first-order chi connectivity index (χ1) is 7.86. The molecule has 0 bridgehead atoms. The first-order valence-corrected chi connectivity index (χ1v) is 6.55. The number of allylic oxidation sites excluding steroid dienone is 1. The molecule has 1 aromatic rings. The summed E-state index contributed by atoms with van der Waals surface area (Å²) >= 11 is 0. The third-order valence-corrected chi connectivity index (χ3v) is 3.05. The van der Waals surface area contributed by atoms with Crippen LogP contribution in [0, 0.1) is 0 Å². The lowest BCUT2D eigenvalue weighted by Crippen LogP contribution is -1.87. The molecule has 0 atom stereocenters. The van der Waals surface area contributed by atoms with Crippen molar-refractivity contribution in [3.63, 3.8) is 0 Å².